The molecule has 1 fully saturated rings. The van der Waals surface area contributed by atoms with Crippen molar-refractivity contribution in [3.8, 4) is 17.0 Å². The number of aryl methyl sites for hydroxylation is 1. The molecule has 3 heterocycles. The maximum atomic E-state index is 6.16. The van der Waals surface area contributed by atoms with Crippen molar-refractivity contribution in [2.45, 2.75) is 25.7 Å². The maximum Gasteiger partial charge on any atom is 0.146 e. The van der Waals surface area contributed by atoms with Gasteiger partial charge in [0.15, 0.2) is 0 Å². The third kappa shape index (κ3) is 4.13. The first-order valence-corrected chi connectivity index (χ1v) is 10.7. The summed E-state index contributed by atoms with van der Waals surface area (Å²) >= 11 is 6.16. The molecule has 154 valence electrons. The highest BCUT2D eigenvalue weighted by molar-refractivity contribution is 6.29. The van der Waals surface area contributed by atoms with Crippen molar-refractivity contribution >= 4 is 22.5 Å². The van der Waals surface area contributed by atoms with Crippen LogP contribution < -0.4 is 10.1 Å². The number of aromatic amines is 1. The number of ether oxygens (including phenoxy) is 1. The van der Waals surface area contributed by atoms with Gasteiger partial charge in [-0.05, 0) is 75.1 Å². The average molecular weight is 413 g/mol. The monoisotopic (exact) mass is 412 g/mol. The Morgan fingerprint density at radius 1 is 1.28 bits per heavy atom. The van der Waals surface area contributed by atoms with E-state index in [1.807, 2.05) is 13.1 Å². The van der Waals surface area contributed by atoms with Gasteiger partial charge in [-0.15, -0.1) is 0 Å². The van der Waals surface area contributed by atoms with Gasteiger partial charge in [0.1, 0.15) is 10.9 Å². The van der Waals surface area contributed by atoms with Crippen molar-refractivity contribution in [2.75, 3.05) is 40.3 Å². The first kappa shape index (κ1) is 20.2. The Kier molecular flexibility index (Phi) is 6.09. The van der Waals surface area contributed by atoms with E-state index in [0.717, 1.165) is 35.6 Å². The highest BCUT2D eigenvalue weighted by Crippen LogP contribution is 2.38. The molecule has 3 aromatic rings. The van der Waals surface area contributed by atoms with Crippen LogP contribution in [0.3, 0.4) is 0 Å². The largest absolute Gasteiger partial charge is 0.494 e. The fourth-order valence-corrected chi connectivity index (χ4v) is 4.56. The summed E-state index contributed by atoms with van der Waals surface area (Å²) in [6.45, 7) is 6.71. The van der Waals surface area contributed by atoms with Crippen LogP contribution in [0.25, 0.3) is 22.2 Å². The number of piperidine rings is 1. The molecule has 1 aromatic carbocycles. The maximum absolute atomic E-state index is 6.16. The zero-order chi connectivity index (χ0) is 20.4. The number of H-pyrrole nitrogens is 1. The molecule has 0 radical (unpaired) electrons. The molecular weight excluding hydrogens is 384 g/mol. The summed E-state index contributed by atoms with van der Waals surface area (Å²) < 4.78 is 5.51. The zero-order valence-electron chi connectivity index (χ0n) is 17.4. The van der Waals surface area contributed by atoms with Crippen molar-refractivity contribution in [3.63, 3.8) is 0 Å². The van der Waals surface area contributed by atoms with Gasteiger partial charge in [0.25, 0.3) is 0 Å². The van der Waals surface area contributed by atoms with E-state index < -0.39 is 0 Å². The third-order valence-electron chi connectivity index (χ3n) is 6.14. The summed E-state index contributed by atoms with van der Waals surface area (Å²) in [4.78, 5) is 10.3. The van der Waals surface area contributed by atoms with Crippen LogP contribution in [-0.2, 0) is 0 Å². The Morgan fingerprint density at radius 2 is 2.07 bits per heavy atom. The fourth-order valence-electron chi connectivity index (χ4n) is 4.40. The topological polar surface area (TPSA) is 53.2 Å². The highest BCUT2D eigenvalue weighted by atomic mass is 35.5. The molecule has 6 heteroatoms. The van der Waals surface area contributed by atoms with Crippen molar-refractivity contribution < 1.29 is 4.74 Å². The van der Waals surface area contributed by atoms with Crippen molar-refractivity contribution in [1.29, 1.82) is 0 Å². The molecule has 5 nitrogen and oxygen atoms in total. The Morgan fingerprint density at radius 3 is 2.79 bits per heavy atom. The van der Waals surface area contributed by atoms with Gasteiger partial charge in [-0.25, -0.2) is 4.98 Å². The molecule has 0 amide bonds. The summed E-state index contributed by atoms with van der Waals surface area (Å²) in [5.41, 5.74) is 5.79. The number of fused-ring (bicyclic) bond motifs is 1. The summed E-state index contributed by atoms with van der Waals surface area (Å²) in [5, 5.41) is 4.98. The van der Waals surface area contributed by atoms with Crippen molar-refractivity contribution in [3.05, 3.63) is 46.7 Å². The molecule has 1 aliphatic heterocycles. The minimum absolute atomic E-state index is 0.463. The number of nitrogens with one attached hydrogen (secondary N) is 2. The van der Waals surface area contributed by atoms with E-state index in [-0.39, 0.29) is 0 Å². The van der Waals surface area contributed by atoms with E-state index in [2.05, 4.69) is 45.3 Å². The van der Waals surface area contributed by atoms with Gasteiger partial charge >= 0.3 is 0 Å². The normalized spacial score (nSPS) is 15.9. The zero-order valence-corrected chi connectivity index (χ0v) is 18.1. The van der Waals surface area contributed by atoms with Gasteiger partial charge in [0.05, 0.1) is 19.0 Å². The number of likely N-dealkylation sites (tertiary alicyclic amines) is 1. The van der Waals surface area contributed by atoms with Crippen LogP contribution in [0.4, 0.5) is 0 Å². The average Bonchev–Trinajstić information content (AvgIpc) is 3.08. The number of pyridine rings is 1. The molecule has 0 spiro atoms. The minimum atomic E-state index is 0.463. The van der Waals surface area contributed by atoms with E-state index in [0.29, 0.717) is 11.1 Å². The van der Waals surface area contributed by atoms with Gasteiger partial charge in [0, 0.05) is 29.6 Å². The Bertz CT molecular complexity index is 992. The van der Waals surface area contributed by atoms with Gasteiger partial charge in [-0.2, -0.15) is 0 Å². The molecule has 0 unspecified atom stereocenters. The van der Waals surface area contributed by atoms with Crippen LogP contribution in [0.2, 0.25) is 5.15 Å². The molecule has 4 rings (SSSR count). The molecule has 2 aromatic heterocycles. The van der Waals surface area contributed by atoms with E-state index >= 15 is 0 Å². The second-order valence-electron chi connectivity index (χ2n) is 7.86. The lowest BCUT2D eigenvalue weighted by molar-refractivity contribution is 0.214. The number of likely N-dealkylation sites (N-methyl/N-ethyl adjacent to an activating group) is 1. The molecule has 0 atom stereocenters. The Hall–Kier alpha value is -2.08. The van der Waals surface area contributed by atoms with Crippen LogP contribution in [0.15, 0.2) is 30.5 Å². The Labute approximate surface area is 177 Å². The van der Waals surface area contributed by atoms with E-state index in [9.17, 15) is 0 Å². The number of aromatic nitrogens is 2. The predicted octanol–water partition coefficient (Wildman–Crippen LogP) is 4.60. The second kappa shape index (κ2) is 8.74. The molecule has 0 saturated carbocycles. The number of hydrogen-bond acceptors (Lipinski definition) is 4. The number of nitrogens with zero attached hydrogens (tertiary/aromatic N) is 2. The number of methoxy groups -OCH3 is 1. The molecule has 1 saturated heterocycles. The standard InChI is InChI=1S/C23H29ClN4O/c1-15-18-12-17(16-6-9-28(10-7-16)11-8-25-2)4-5-20(18)27-23(15)19-13-22(24)26-14-21(19)29-3/h4-5,12-14,16,25,27H,6-11H2,1-3H3. The molecule has 1 aliphatic rings. The lowest BCUT2D eigenvalue weighted by Crippen LogP contribution is -2.37. The number of rotatable bonds is 6. The van der Waals surface area contributed by atoms with Crippen molar-refractivity contribution in [2.24, 2.45) is 0 Å². The van der Waals surface area contributed by atoms with Gasteiger partial charge in [0.2, 0.25) is 0 Å². The molecule has 0 aliphatic carbocycles. The summed E-state index contributed by atoms with van der Waals surface area (Å²) in [6.07, 6.45) is 4.12. The fraction of sp³-hybridized carbons (Fsp3) is 0.435. The quantitative estimate of drug-likeness (QED) is 0.581. The lowest BCUT2D eigenvalue weighted by Gasteiger charge is -2.32. The van der Waals surface area contributed by atoms with Crippen LogP contribution in [0.5, 0.6) is 5.75 Å². The van der Waals surface area contributed by atoms with E-state index in [4.69, 9.17) is 16.3 Å². The van der Waals surface area contributed by atoms with Crippen LogP contribution >= 0.6 is 11.6 Å². The molecular formula is C23H29ClN4O. The van der Waals surface area contributed by atoms with Gasteiger partial charge in [-0.1, -0.05) is 17.7 Å². The third-order valence-corrected chi connectivity index (χ3v) is 6.35. The van der Waals surface area contributed by atoms with Crippen LogP contribution in [-0.4, -0.2) is 55.2 Å². The molecule has 29 heavy (non-hydrogen) atoms. The first-order valence-electron chi connectivity index (χ1n) is 10.3. The van der Waals surface area contributed by atoms with Crippen LogP contribution in [0, 0.1) is 6.92 Å². The lowest BCUT2D eigenvalue weighted by atomic mass is 9.88. The summed E-state index contributed by atoms with van der Waals surface area (Å²) in [6, 6.07) is 8.73. The smallest absolute Gasteiger partial charge is 0.146 e. The number of benzene rings is 1. The highest BCUT2D eigenvalue weighted by Gasteiger charge is 2.21. The van der Waals surface area contributed by atoms with E-state index in [1.54, 1.807) is 13.3 Å². The second-order valence-corrected chi connectivity index (χ2v) is 8.24. The Balaban J connectivity index is 1.61. The van der Waals surface area contributed by atoms with Gasteiger partial charge < -0.3 is 19.9 Å². The van der Waals surface area contributed by atoms with Gasteiger partial charge in [-0.3, -0.25) is 0 Å². The number of halogens is 1. The molecule has 0 bridgehead atoms. The molecule has 2 N–H and O–H groups in total. The number of hydrogen-bond donors (Lipinski definition) is 2. The van der Waals surface area contributed by atoms with E-state index in [1.165, 1.54) is 42.4 Å². The summed E-state index contributed by atoms with van der Waals surface area (Å²) in [5.74, 6) is 1.35. The van der Waals surface area contributed by atoms with Crippen molar-refractivity contribution in [1.82, 2.24) is 20.2 Å². The van der Waals surface area contributed by atoms with Crippen LogP contribution in [0.1, 0.15) is 29.9 Å². The first-order chi connectivity index (χ1) is 14.1. The SMILES string of the molecule is CNCCN1CCC(c2ccc3[nH]c(-c4cc(Cl)ncc4OC)c(C)c3c2)CC1. The predicted molar refractivity (Wildman–Crippen MR) is 120 cm³/mol. The minimum Gasteiger partial charge on any atom is -0.494 e. The summed E-state index contributed by atoms with van der Waals surface area (Å²) in [7, 11) is 3.68.